The number of aromatic nitrogens is 4. The molecule has 4 rings (SSSR count). The first-order valence-electron chi connectivity index (χ1n) is 8.45. The molecule has 2 heterocycles. The zero-order valence-electron chi connectivity index (χ0n) is 14.7. The summed E-state index contributed by atoms with van der Waals surface area (Å²) in [6.07, 6.45) is 1.55. The number of aryl methyl sites for hydroxylation is 1. The van der Waals surface area contributed by atoms with Crippen molar-refractivity contribution in [3.05, 3.63) is 72.6 Å². The van der Waals surface area contributed by atoms with E-state index in [1.54, 1.807) is 10.8 Å². The number of nitrogens with one attached hydrogen (secondary N) is 1. The molecule has 0 atom stereocenters. The smallest absolute Gasteiger partial charge is 0.262 e. The SMILES string of the molecule is Cc1ccccc1OCC(=O)Nc1cccc(-c2ccc3nncn3n2)c1. The first-order chi connectivity index (χ1) is 13.2. The molecule has 0 spiro atoms. The Hall–Kier alpha value is -3.74. The lowest BCUT2D eigenvalue weighted by molar-refractivity contribution is -0.118. The number of carbonyl (C=O) groups excluding carboxylic acids is 1. The van der Waals surface area contributed by atoms with Crippen molar-refractivity contribution in [3.63, 3.8) is 0 Å². The summed E-state index contributed by atoms with van der Waals surface area (Å²) in [5.41, 5.74) is 3.98. The molecule has 0 bridgehead atoms. The molecule has 1 N–H and O–H groups in total. The average molecular weight is 359 g/mol. The number of amides is 1. The van der Waals surface area contributed by atoms with Crippen LogP contribution in [0.2, 0.25) is 0 Å². The van der Waals surface area contributed by atoms with Crippen LogP contribution in [0, 0.1) is 6.92 Å². The minimum absolute atomic E-state index is 0.0556. The molecule has 0 saturated heterocycles. The molecule has 2 aromatic carbocycles. The van der Waals surface area contributed by atoms with Gasteiger partial charge in [0.1, 0.15) is 12.1 Å². The summed E-state index contributed by atoms with van der Waals surface area (Å²) in [7, 11) is 0. The summed E-state index contributed by atoms with van der Waals surface area (Å²) in [5, 5.41) is 15.1. The van der Waals surface area contributed by atoms with Crippen LogP contribution >= 0.6 is 0 Å². The second-order valence-electron chi connectivity index (χ2n) is 6.04. The van der Waals surface area contributed by atoms with E-state index in [2.05, 4.69) is 20.6 Å². The normalized spacial score (nSPS) is 10.7. The van der Waals surface area contributed by atoms with Gasteiger partial charge in [0.2, 0.25) is 0 Å². The van der Waals surface area contributed by atoms with E-state index < -0.39 is 0 Å². The predicted molar refractivity (Wildman–Crippen MR) is 102 cm³/mol. The van der Waals surface area contributed by atoms with Crippen LogP contribution in [0.25, 0.3) is 16.9 Å². The van der Waals surface area contributed by atoms with Gasteiger partial charge in [-0.25, -0.2) is 0 Å². The van der Waals surface area contributed by atoms with Crippen molar-refractivity contribution in [2.24, 2.45) is 0 Å². The number of carbonyl (C=O) groups is 1. The Morgan fingerprint density at radius 2 is 2.00 bits per heavy atom. The lowest BCUT2D eigenvalue weighted by Crippen LogP contribution is -2.20. The molecule has 7 heteroatoms. The van der Waals surface area contributed by atoms with Crippen molar-refractivity contribution >= 4 is 17.2 Å². The third-order valence-corrected chi connectivity index (χ3v) is 4.06. The highest BCUT2D eigenvalue weighted by Gasteiger charge is 2.08. The van der Waals surface area contributed by atoms with Crippen molar-refractivity contribution in [2.75, 3.05) is 11.9 Å². The fourth-order valence-corrected chi connectivity index (χ4v) is 2.70. The second kappa shape index (κ2) is 7.25. The number of hydrogen-bond acceptors (Lipinski definition) is 5. The maximum absolute atomic E-state index is 12.2. The third-order valence-electron chi connectivity index (χ3n) is 4.06. The Labute approximate surface area is 155 Å². The third kappa shape index (κ3) is 3.77. The van der Waals surface area contributed by atoms with Crippen LogP contribution in [0.15, 0.2) is 67.0 Å². The van der Waals surface area contributed by atoms with Gasteiger partial charge in [-0.05, 0) is 42.8 Å². The largest absolute Gasteiger partial charge is 0.483 e. The van der Waals surface area contributed by atoms with Gasteiger partial charge in [-0.3, -0.25) is 4.79 Å². The van der Waals surface area contributed by atoms with Gasteiger partial charge >= 0.3 is 0 Å². The summed E-state index contributed by atoms with van der Waals surface area (Å²) in [6.45, 7) is 1.89. The molecule has 4 aromatic rings. The summed E-state index contributed by atoms with van der Waals surface area (Å²) in [4.78, 5) is 12.2. The zero-order valence-corrected chi connectivity index (χ0v) is 14.7. The van der Waals surface area contributed by atoms with Gasteiger partial charge < -0.3 is 10.1 Å². The molecule has 7 nitrogen and oxygen atoms in total. The number of ether oxygens (including phenoxy) is 1. The van der Waals surface area contributed by atoms with Crippen LogP contribution in [0.5, 0.6) is 5.75 Å². The van der Waals surface area contributed by atoms with E-state index in [9.17, 15) is 4.79 Å². The molecular formula is C20H17N5O2. The van der Waals surface area contributed by atoms with Crippen molar-refractivity contribution < 1.29 is 9.53 Å². The summed E-state index contributed by atoms with van der Waals surface area (Å²) in [5.74, 6) is 0.477. The van der Waals surface area contributed by atoms with Crippen molar-refractivity contribution in [3.8, 4) is 17.0 Å². The highest BCUT2D eigenvalue weighted by Crippen LogP contribution is 2.21. The maximum Gasteiger partial charge on any atom is 0.262 e. The number of anilines is 1. The van der Waals surface area contributed by atoms with Gasteiger partial charge in [-0.2, -0.15) is 9.61 Å². The van der Waals surface area contributed by atoms with Gasteiger partial charge in [0.25, 0.3) is 5.91 Å². The van der Waals surface area contributed by atoms with E-state index in [-0.39, 0.29) is 12.5 Å². The Kier molecular flexibility index (Phi) is 4.49. The van der Waals surface area contributed by atoms with Crippen molar-refractivity contribution in [1.29, 1.82) is 0 Å². The molecule has 0 aliphatic rings. The van der Waals surface area contributed by atoms with E-state index in [1.165, 1.54) is 0 Å². The monoisotopic (exact) mass is 359 g/mol. The number of para-hydroxylation sites is 1. The molecule has 27 heavy (non-hydrogen) atoms. The fourth-order valence-electron chi connectivity index (χ4n) is 2.70. The minimum Gasteiger partial charge on any atom is -0.483 e. The zero-order chi connectivity index (χ0) is 18.6. The van der Waals surface area contributed by atoms with Gasteiger partial charge in [-0.15, -0.1) is 10.2 Å². The molecule has 0 aliphatic carbocycles. The van der Waals surface area contributed by atoms with E-state index in [4.69, 9.17) is 4.74 Å². The molecule has 1 amide bonds. The second-order valence-corrected chi connectivity index (χ2v) is 6.04. The number of nitrogens with zero attached hydrogens (tertiary/aromatic N) is 4. The first-order valence-corrected chi connectivity index (χ1v) is 8.45. The van der Waals surface area contributed by atoms with Crippen molar-refractivity contribution in [2.45, 2.75) is 6.92 Å². The topological polar surface area (TPSA) is 81.4 Å². The van der Waals surface area contributed by atoms with E-state index in [1.807, 2.05) is 67.6 Å². The lowest BCUT2D eigenvalue weighted by atomic mass is 10.1. The molecule has 0 aliphatic heterocycles. The van der Waals surface area contributed by atoms with Gasteiger partial charge in [0.05, 0.1) is 5.69 Å². The fraction of sp³-hybridized carbons (Fsp3) is 0.100. The number of fused-ring (bicyclic) bond motifs is 1. The van der Waals surface area contributed by atoms with Crippen LogP contribution in [-0.2, 0) is 4.79 Å². The molecule has 2 aromatic heterocycles. The van der Waals surface area contributed by atoms with Crippen molar-refractivity contribution in [1.82, 2.24) is 19.8 Å². The minimum atomic E-state index is -0.224. The maximum atomic E-state index is 12.2. The Morgan fingerprint density at radius 3 is 2.89 bits per heavy atom. The average Bonchev–Trinajstić information content (AvgIpc) is 3.15. The highest BCUT2D eigenvalue weighted by molar-refractivity contribution is 5.92. The van der Waals surface area contributed by atoms with Crippen LogP contribution in [0.4, 0.5) is 5.69 Å². The van der Waals surface area contributed by atoms with Crippen LogP contribution in [0.3, 0.4) is 0 Å². The van der Waals surface area contributed by atoms with Gasteiger partial charge in [0.15, 0.2) is 12.3 Å². The number of hydrogen-bond donors (Lipinski definition) is 1. The Morgan fingerprint density at radius 1 is 1.11 bits per heavy atom. The van der Waals surface area contributed by atoms with Gasteiger partial charge in [0, 0.05) is 11.3 Å². The molecule has 0 fully saturated rings. The van der Waals surface area contributed by atoms with Crippen LogP contribution in [0.1, 0.15) is 5.56 Å². The van der Waals surface area contributed by atoms with E-state index >= 15 is 0 Å². The Balaban J connectivity index is 1.45. The molecule has 134 valence electrons. The first kappa shape index (κ1) is 16.7. The van der Waals surface area contributed by atoms with E-state index in [0.29, 0.717) is 17.1 Å². The Bertz CT molecular complexity index is 1110. The molecule has 0 saturated carbocycles. The summed E-state index contributed by atoms with van der Waals surface area (Å²) in [6, 6.07) is 18.8. The van der Waals surface area contributed by atoms with Crippen LogP contribution < -0.4 is 10.1 Å². The quantitative estimate of drug-likeness (QED) is 0.592. The number of rotatable bonds is 5. The van der Waals surface area contributed by atoms with Crippen LogP contribution in [-0.4, -0.2) is 32.3 Å². The van der Waals surface area contributed by atoms with E-state index in [0.717, 1.165) is 16.8 Å². The highest BCUT2D eigenvalue weighted by atomic mass is 16.5. The summed E-state index contributed by atoms with van der Waals surface area (Å²) >= 11 is 0. The summed E-state index contributed by atoms with van der Waals surface area (Å²) < 4.78 is 7.19. The number of benzene rings is 2. The lowest BCUT2D eigenvalue weighted by Gasteiger charge is -2.10. The molecule has 0 unspecified atom stereocenters. The molecule has 0 radical (unpaired) electrons. The molecular weight excluding hydrogens is 342 g/mol. The predicted octanol–water partition coefficient (Wildman–Crippen LogP) is 3.12. The standard InChI is InChI=1S/C20H17N5O2/c1-14-5-2-3-8-18(14)27-12-20(26)22-16-7-4-6-15(11-16)17-9-10-19-23-21-13-25(19)24-17/h2-11,13H,12H2,1H3,(H,22,26). The van der Waals surface area contributed by atoms with Gasteiger partial charge in [-0.1, -0.05) is 30.3 Å².